The van der Waals surface area contributed by atoms with Crippen LogP contribution in [0.1, 0.15) is 52.9 Å². The van der Waals surface area contributed by atoms with E-state index in [0.29, 0.717) is 6.61 Å². The summed E-state index contributed by atoms with van der Waals surface area (Å²) in [5, 5.41) is 0. The van der Waals surface area contributed by atoms with Gasteiger partial charge in [0.15, 0.2) is 0 Å². The molecule has 1 atom stereocenters. The second-order valence-electron chi connectivity index (χ2n) is 3.54. The normalized spacial score (nSPS) is 12.5. The molecule has 0 saturated heterocycles. The fourth-order valence-corrected chi connectivity index (χ4v) is 1.01. The maximum Gasteiger partial charge on any atom is 0.308 e. The first-order valence-corrected chi connectivity index (χ1v) is 5.39. The van der Waals surface area contributed by atoms with Crippen LogP contribution in [0.3, 0.4) is 0 Å². The van der Waals surface area contributed by atoms with Gasteiger partial charge in [0, 0.05) is 0 Å². The van der Waals surface area contributed by atoms with E-state index >= 15 is 0 Å². The summed E-state index contributed by atoms with van der Waals surface area (Å²) in [6.45, 7) is 6.69. The summed E-state index contributed by atoms with van der Waals surface area (Å²) in [4.78, 5) is 11.2. The van der Waals surface area contributed by atoms with Crippen molar-refractivity contribution in [3.8, 4) is 0 Å². The Labute approximate surface area is 81.7 Å². The molecule has 0 bridgehead atoms. The van der Waals surface area contributed by atoms with Gasteiger partial charge >= 0.3 is 5.97 Å². The van der Waals surface area contributed by atoms with Gasteiger partial charge in [0.25, 0.3) is 0 Å². The number of ether oxygens (including phenoxy) is 1. The highest BCUT2D eigenvalue weighted by Crippen LogP contribution is 2.05. The molecule has 0 aromatic rings. The summed E-state index contributed by atoms with van der Waals surface area (Å²) >= 11 is 0. The van der Waals surface area contributed by atoms with Crippen LogP contribution in [-0.4, -0.2) is 12.6 Å². The van der Waals surface area contributed by atoms with Crippen molar-refractivity contribution in [2.24, 2.45) is 5.92 Å². The Hall–Kier alpha value is -0.530. The molecule has 0 unspecified atom stereocenters. The number of hydrogen-bond donors (Lipinski definition) is 0. The van der Waals surface area contributed by atoms with Crippen molar-refractivity contribution in [3.63, 3.8) is 0 Å². The van der Waals surface area contributed by atoms with E-state index < -0.39 is 0 Å². The second-order valence-corrected chi connectivity index (χ2v) is 3.54. The van der Waals surface area contributed by atoms with Gasteiger partial charge < -0.3 is 4.74 Å². The highest BCUT2D eigenvalue weighted by atomic mass is 16.5. The van der Waals surface area contributed by atoms with Gasteiger partial charge in [-0.25, -0.2) is 0 Å². The lowest BCUT2D eigenvalue weighted by molar-refractivity contribution is -0.148. The first kappa shape index (κ1) is 12.5. The lowest BCUT2D eigenvalue weighted by Gasteiger charge is -2.08. The van der Waals surface area contributed by atoms with Gasteiger partial charge in [0.05, 0.1) is 12.5 Å². The van der Waals surface area contributed by atoms with E-state index in [1.54, 1.807) is 0 Å². The van der Waals surface area contributed by atoms with Gasteiger partial charge in [-0.15, -0.1) is 0 Å². The molecule has 0 saturated carbocycles. The van der Waals surface area contributed by atoms with Crippen molar-refractivity contribution in [2.45, 2.75) is 52.9 Å². The second kappa shape index (κ2) is 8.09. The van der Waals surface area contributed by atoms with Crippen molar-refractivity contribution in [1.29, 1.82) is 0 Å². The Balaban J connectivity index is 3.27. The zero-order chi connectivity index (χ0) is 10.1. The molecule has 2 heteroatoms. The van der Waals surface area contributed by atoms with E-state index in [-0.39, 0.29) is 11.9 Å². The standard InChI is InChI=1S/C11H22O2/c1-4-6-7-8-9-13-11(12)10(3)5-2/h10H,4-9H2,1-3H3/t10-/m0/s1. The summed E-state index contributed by atoms with van der Waals surface area (Å²) in [5.41, 5.74) is 0. The van der Waals surface area contributed by atoms with Crippen LogP contribution in [0.25, 0.3) is 0 Å². The molecule has 0 spiro atoms. The number of carbonyl (C=O) groups is 1. The molecule has 0 N–H and O–H groups in total. The van der Waals surface area contributed by atoms with E-state index in [0.717, 1.165) is 12.8 Å². The van der Waals surface area contributed by atoms with Crippen molar-refractivity contribution in [3.05, 3.63) is 0 Å². The predicted molar refractivity (Wildman–Crippen MR) is 54.6 cm³/mol. The van der Waals surface area contributed by atoms with E-state index in [2.05, 4.69) is 6.92 Å². The summed E-state index contributed by atoms with van der Waals surface area (Å²) in [6, 6.07) is 0. The molecule has 78 valence electrons. The van der Waals surface area contributed by atoms with Crippen LogP contribution in [0.5, 0.6) is 0 Å². The van der Waals surface area contributed by atoms with Crippen LogP contribution < -0.4 is 0 Å². The molecule has 0 fully saturated rings. The SMILES string of the molecule is CCCCCCOC(=O)[C@@H](C)CC. The van der Waals surface area contributed by atoms with Gasteiger partial charge in [-0.1, -0.05) is 40.0 Å². The van der Waals surface area contributed by atoms with Crippen molar-refractivity contribution in [1.82, 2.24) is 0 Å². The minimum absolute atomic E-state index is 0.0426. The number of hydrogen-bond acceptors (Lipinski definition) is 2. The average Bonchev–Trinajstić information content (AvgIpc) is 2.16. The Morgan fingerprint density at radius 3 is 2.46 bits per heavy atom. The van der Waals surface area contributed by atoms with E-state index in [1.165, 1.54) is 19.3 Å². The van der Waals surface area contributed by atoms with Crippen LogP contribution >= 0.6 is 0 Å². The lowest BCUT2D eigenvalue weighted by atomic mass is 10.1. The minimum atomic E-state index is -0.0426. The third-order valence-corrected chi connectivity index (χ3v) is 2.26. The van der Waals surface area contributed by atoms with Gasteiger partial charge in [-0.3, -0.25) is 4.79 Å². The summed E-state index contributed by atoms with van der Waals surface area (Å²) < 4.78 is 5.10. The first-order chi connectivity index (χ1) is 6.22. The average molecular weight is 186 g/mol. The summed E-state index contributed by atoms with van der Waals surface area (Å²) in [7, 11) is 0. The van der Waals surface area contributed by atoms with Crippen LogP contribution in [0, 0.1) is 5.92 Å². The molecule has 0 aliphatic carbocycles. The molecule has 2 nitrogen and oxygen atoms in total. The monoisotopic (exact) mass is 186 g/mol. The third-order valence-electron chi connectivity index (χ3n) is 2.26. The van der Waals surface area contributed by atoms with Gasteiger partial charge in [0.1, 0.15) is 0 Å². The van der Waals surface area contributed by atoms with E-state index in [1.807, 2.05) is 13.8 Å². The number of unbranched alkanes of at least 4 members (excludes halogenated alkanes) is 3. The van der Waals surface area contributed by atoms with Crippen molar-refractivity contribution >= 4 is 5.97 Å². The summed E-state index contributed by atoms with van der Waals surface area (Å²) in [6.07, 6.45) is 5.51. The van der Waals surface area contributed by atoms with Crippen molar-refractivity contribution in [2.75, 3.05) is 6.61 Å². The molecule has 0 aliphatic heterocycles. The van der Waals surface area contributed by atoms with Crippen LogP contribution in [0.2, 0.25) is 0 Å². The third kappa shape index (κ3) is 6.62. The lowest BCUT2D eigenvalue weighted by Crippen LogP contribution is -2.14. The highest BCUT2D eigenvalue weighted by Gasteiger charge is 2.10. The van der Waals surface area contributed by atoms with Gasteiger partial charge in [-0.05, 0) is 12.8 Å². The molecule has 0 radical (unpaired) electrons. The largest absolute Gasteiger partial charge is 0.465 e. The Bertz CT molecular complexity index is 132. The number of esters is 1. The molecule has 0 aliphatic rings. The minimum Gasteiger partial charge on any atom is -0.465 e. The summed E-state index contributed by atoms with van der Waals surface area (Å²) in [5.74, 6) is 0.0187. The van der Waals surface area contributed by atoms with Gasteiger partial charge in [-0.2, -0.15) is 0 Å². The van der Waals surface area contributed by atoms with E-state index in [9.17, 15) is 4.79 Å². The molecular formula is C11H22O2. The topological polar surface area (TPSA) is 26.3 Å². The molecule has 0 aromatic heterocycles. The maximum atomic E-state index is 11.2. The molecule has 0 amide bonds. The molecule has 0 heterocycles. The Kier molecular flexibility index (Phi) is 7.76. The van der Waals surface area contributed by atoms with Gasteiger partial charge in [0.2, 0.25) is 0 Å². The zero-order valence-electron chi connectivity index (χ0n) is 9.14. The molecule has 0 rings (SSSR count). The molecule has 0 aromatic carbocycles. The molecular weight excluding hydrogens is 164 g/mol. The smallest absolute Gasteiger partial charge is 0.308 e. The van der Waals surface area contributed by atoms with E-state index in [4.69, 9.17) is 4.74 Å². The fourth-order valence-electron chi connectivity index (χ4n) is 1.01. The molecule has 13 heavy (non-hydrogen) atoms. The number of carbonyl (C=O) groups excluding carboxylic acids is 1. The highest BCUT2D eigenvalue weighted by molar-refractivity contribution is 5.71. The van der Waals surface area contributed by atoms with Crippen LogP contribution in [0.4, 0.5) is 0 Å². The fraction of sp³-hybridized carbons (Fsp3) is 0.909. The van der Waals surface area contributed by atoms with Crippen LogP contribution in [0.15, 0.2) is 0 Å². The Morgan fingerprint density at radius 1 is 1.23 bits per heavy atom. The first-order valence-electron chi connectivity index (χ1n) is 5.39. The van der Waals surface area contributed by atoms with Crippen LogP contribution in [-0.2, 0) is 9.53 Å². The maximum absolute atomic E-state index is 11.2. The predicted octanol–water partition coefficient (Wildman–Crippen LogP) is 3.16. The number of rotatable bonds is 7. The van der Waals surface area contributed by atoms with Crippen molar-refractivity contribution < 1.29 is 9.53 Å². The Morgan fingerprint density at radius 2 is 1.92 bits per heavy atom. The quantitative estimate of drug-likeness (QED) is 0.451. The zero-order valence-corrected chi connectivity index (χ0v) is 9.14.